The van der Waals surface area contributed by atoms with Gasteiger partial charge in [0.25, 0.3) is 0 Å². The maximum Gasteiger partial charge on any atom is 0.153 e. The van der Waals surface area contributed by atoms with Gasteiger partial charge in [0.2, 0.25) is 0 Å². The number of carbonyl (C=O) groups excluding carboxylic acids is 1. The molecule has 0 spiro atoms. The number of fused-ring (bicyclic) bond motifs is 1. The van der Waals surface area contributed by atoms with E-state index in [1.54, 1.807) is 26.4 Å². The molecule has 0 fully saturated rings. The molecule has 0 saturated carbocycles. The highest BCUT2D eigenvalue weighted by atomic mass is 16.5. The highest BCUT2D eigenvalue weighted by molar-refractivity contribution is 5.85. The molecule has 0 aliphatic rings. The predicted molar refractivity (Wildman–Crippen MR) is 85.7 cm³/mol. The van der Waals surface area contributed by atoms with Crippen molar-refractivity contribution in [2.75, 3.05) is 14.2 Å². The zero-order chi connectivity index (χ0) is 15.5. The number of aldehydes is 1. The zero-order valence-electron chi connectivity index (χ0n) is 12.4. The number of ether oxygens (including phenoxy) is 2. The zero-order valence-corrected chi connectivity index (χ0v) is 12.4. The Kier molecular flexibility index (Phi) is 3.74. The second-order valence-electron chi connectivity index (χ2n) is 4.83. The summed E-state index contributed by atoms with van der Waals surface area (Å²) in [5.41, 5.74) is 3.07. The molecule has 0 atom stereocenters. The van der Waals surface area contributed by atoms with Gasteiger partial charge in [-0.15, -0.1) is 0 Å². The van der Waals surface area contributed by atoms with Crippen LogP contribution in [0.1, 0.15) is 10.4 Å². The number of hydrogen-bond acceptors (Lipinski definition) is 4. The van der Waals surface area contributed by atoms with Crippen LogP contribution in [0, 0.1) is 0 Å². The number of pyridine rings is 1. The van der Waals surface area contributed by atoms with Gasteiger partial charge in [-0.3, -0.25) is 4.79 Å². The Morgan fingerprint density at radius 2 is 1.82 bits per heavy atom. The van der Waals surface area contributed by atoms with E-state index in [1.165, 1.54) is 0 Å². The highest BCUT2D eigenvalue weighted by Gasteiger charge is 2.07. The number of rotatable bonds is 4. The van der Waals surface area contributed by atoms with Crippen LogP contribution in [0.3, 0.4) is 0 Å². The normalized spacial score (nSPS) is 10.5. The largest absolute Gasteiger partial charge is 0.497 e. The third kappa shape index (κ3) is 2.51. The summed E-state index contributed by atoms with van der Waals surface area (Å²) in [6, 6.07) is 15.1. The van der Waals surface area contributed by atoms with Crippen molar-refractivity contribution in [3.05, 3.63) is 54.1 Å². The summed E-state index contributed by atoms with van der Waals surface area (Å²) < 4.78 is 10.4. The number of hydrogen-bond donors (Lipinski definition) is 0. The molecule has 0 amide bonds. The lowest BCUT2D eigenvalue weighted by molar-refractivity contribution is 0.112. The summed E-state index contributed by atoms with van der Waals surface area (Å²) in [5.74, 6) is 1.36. The second kappa shape index (κ2) is 5.85. The Hall–Kier alpha value is -2.88. The van der Waals surface area contributed by atoms with E-state index in [2.05, 4.69) is 4.98 Å². The lowest BCUT2D eigenvalue weighted by Gasteiger charge is -2.08. The van der Waals surface area contributed by atoms with E-state index in [0.29, 0.717) is 11.3 Å². The van der Waals surface area contributed by atoms with Crippen molar-refractivity contribution in [2.24, 2.45) is 0 Å². The fourth-order valence-corrected chi connectivity index (χ4v) is 2.38. The minimum atomic E-state index is 0.511. The summed E-state index contributed by atoms with van der Waals surface area (Å²) in [5, 5.41) is 1.01. The molecule has 0 saturated heterocycles. The standard InChI is InChI=1S/C18H15NO3/c1-21-15-5-7-17-13(10-15)3-6-16(19-17)12-4-8-18(22-2)14(9-12)11-20/h3-11H,1-2H3. The van der Waals surface area contributed by atoms with Crippen molar-refractivity contribution in [3.8, 4) is 22.8 Å². The van der Waals surface area contributed by atoms with Crippen LogP contribution in [-0.2, 0) is 0 Å². The maximum absolute atomic E-state index is 11.1. The summed E-state index contributed by atoms with van der Waals surface area (Å²) >= 11 is 0. The molecule has 1 heterocycles. The number of benzene rings is 2. The predicted octanol–water partition coefficient (Wildman–Crippen LogP) is 3.73. The molecule has 2 aromatic carbocycles. The molecule has 4 nitrogen and oxygen atoms in total. The first kappa shape index (κ1) is 14.1. The fraction of sp³-hybridized carbons (Fsp3) is 0.111. The first-order valence-electron chi connectivity index (χ1n) is 6.83. The van der Waals surface area contributed by atoms with Crippen molar-refractivity contribution >= 4 is 17.2 Å². The number of nitrogens with zero attached hydrogens (tertiary/aromatic N) is 1. The molecule has 0 aliphatic heterocycles. The summed E-state index contributed by atoms with van der Waals surface area (Å²) in [6.07, 6.45) is 0.786. The Morgan fingerprint density at radius 1 is 0.955 bits per heavy atom. The van der Waals surface area contributed by atoms with E-state index in [4.69, 9.17) is 9.47 Å². The van der Waals surface area contributed by atoms with E-state index >= 15 is 0 Å². The van der Waals surface area contributed by atoms with Gasteiger partial charge in [-0.05, 0) is 42.5 Å². The van der Waals surface area contributed by atoms with Crippen LogP contribution < -0.4 is 9.47 Å². The van der Waals surface area contributed by atoms with Gasteiger partial charge in [-0.1, -0.05) is 6.07 Å². The van der Waals surface area contributed by atoms with E-state index in [0.717, 1.165) is 34.2 Å². The van der Waals surface area contributed by atoms with Gasteiger partial charge < -0.3 is 9.47 Å². The van der Waals surface area contributed by atoms with Gasteiger partial charge in [0.1, 0.15) is 11.5 Å². The quantitative estimate of drug-likeness (QED) is 0.688. The lowest BCUT2D eigenvalue weighted by atomic mass is 10.1. The van der Waals surface area contributed by atoms with E-state index in [-0.39, 0.29) is 0 Å². The molecule has 22 heavy (non-hydrogen) atoms. The van der Waals surface area contributed by atoms with Crippen LogP contribution in [0.4, 0.5) is 0 Å². The van der Waals surface area contributed by atoms with Crippen LogP contribution in [0.25, 0.3) is 22.2 Å². The SMILES string of the molecule is COc1ccc2nc(-c3ccc(OC)c(C=O)c3)ccc2c1. The molecular weight excluding hydrogens is 278 g/mol. The second-order valence-corrected chi connectivity index (χ2v) is 4.83. The lowest BCUT2D eigenvalue weighted by Crippen LogP contribution is -1.92. The minimum absolute atomic E-state index is 0.511. The first-order chi connectivity index (χ1) is 10.7. The van der Waals surface area contributed by atoms with Crippen molar-refractivity contribution in [3.63, 3.8) is 0 Å². The van der Waals surface area contributed by atoms with Gasteiger partial charge in [0.05, 0.1) is 31.0 Å². The van der Waals surface area contributed by atoms with Crippen molar-refractivity contribution in [1.82, 2.24) is 4.98 Å². The van der Waals surface area contributed by atoms with Crippen LogP contribution in [-0.4, -0.2) is 25.5 Å². The fourth-order valence-electron chi connectivity index (χ4n) is 2.38. The monoisotopic (exact) mass is 293 g/mol. The summed E-state index contributed by atoms with van der Waals surface area (Å²) in [7, 11) is 3.19. The van der Waals surface area contributed by atoms with Crippen molar-refractivity contribution in [2.45, 2.75) is 0 Å². The first-order valence-corrected chi connectivity index (χ1v) is 6.83. The molecule has 4 heteroatoms. The molecule has 0 radical (unpaired) electrons. The van der Waals surface area contributed by atoms with Gasteiger partial charge in [0.15, 0.2) is 6.29 Å². The van der Waals surface area contributed by atoms with Gasteiger partial charge >= 0.3 is 0 Å². The minimum Gasteiger partial charge on any atom is -0.497 e. The van der Waals surface area contributed by atoms with Crippen molar-refractivity contribution < 1.29 is 14.3 Å². The Morgan fingerprint density at radius 3 is 2.55 bits per heavy atom. The molecule has 1 aromatic heterocycles. The molecule has 0 aliphatic carbocycles. The molecule has 0 unspecified atom stereocenters. The van der Waals surface area contributed by atoms with E-state index in [9.17, 15) is 4.79 Å². The third-order valence-corrected chi connectivity index (χ3v) is 3.55. The molecule has 0 N–H and O–H groups in total. The molecule has 110 valence electrons. The van der Waals surface area contributed by atoms with Gasteiger partial charge in [0, 0.05) is 10.9 Å². The topological polar surface area (TPSA) is 48.4 Å². The Bertz CT molecular complexity index is 843. The molecule has 3 rings (SSSR count). The molecule has 3 aromatic rings. The van der Waals surface area contributed by atoms with Gasteiger partial charge in [-0.25, -0.2) is 4.98 Å². The maximum atomic E-state index is 11.1. The highest BCUT2D eigenvalue weighted by Crippen LogP contribution is 2.27. The third-order valence-electron chi connectivity index (χ3n) is 3.55. The Labute approximate surface area is 128 Å². The van der Waals surface area contributed by atoms with Crippen LogP contribution in [0.15, 0.2) is 48.5 Å². The number of carbonyl (C=O) groups is 1. The molecular formula is C18H15NO3. The van der Waals surface area contributed by atoms with Gasteiger partial charge in [-0.2, -0.15) is 0 Å². The van der Waals surface area contributed by atoms with E-state index < -0.39 is 0 Å². The van der Waals surface area contributed by atoms with Crippen molar-refractivity contribution in [1.29, 1.82) is 0 Å². The average molecular weight is 293 g/mol. The smallest absolute Gasteiger partial charge is 0.153 e. The average Bonchev–Trinajstić information content (AvgIpc) is 2.60. The number of aromatic nitrogens is 1. The molecule has 0 bridgehead atoms. The summed E-state index contributed by atoms with van der Waals surface area (Å²) in [6.45, 7) is 0. The van der Waals surface area contributed by atoms with E-state index in [1.807, 2.05) is 36.4 Å². The van der Waals surface area contributed by atoms with Crippen LogP contribution >= 0.6 is 0 Å². The number of methoxy groups -OCH3 is 2. The summed E-state index contributed by atoms with van der Waals surface area (Å²) in [4.78, 5) is 15.8. The van der Waals surface area contributed by atoms with Crippen LogP contribution in [0.2, 0.25) is 0 Å². The Balaban J connectivity index is 2.08. The van der Waals surface area contributed by atoms with Crippen LogP contribution in [0.5, 0.6) is 11.5 Å².